The number of unbranched alkanes of at least 4 members (excludes halogenated alkanes) is 1. The molecule has 2 rings (SSSR count). The van der Waals surface area contributed by atoms with Gasteiger partial charge in [0.25, 0.3) is 0 Å². The Morgan fingerprint density at radius 1 is 1.21 bits per heavy atom. The van der Waals surface area contributed by atoms with Crippen molar-refractivity contribution in [2.24, 2.45) is 17.4 Å². The second kappa shape index (κ2) is 8.61. The van der Waals surface area contributed by atoms with Crippen molar-refractivity contribution in [3.8, 4) is 0 Å². The number of carboxylic acids is 1. The van der Waals surface area contributed by atoms with Crippen LogP contribution in [0.15, 0.2) is 30.5 Å². The minimum atomic E-state index is -0.945. The van der Waals surface area contributed by atoms with Gasteiger partial charge in [0, 0.05) is 23.5 Å². The Kier molecular flexibility index (Phi) is 6.52. The summed E-state index contributed by atoms with van der Waals surface area (Å²) in [5.41, 5.74) is 13.4. The summed E-state index contributed by atoms with van der Waals surface area (Å²) >= 11 is 0. The maximum Gasteiger partial charge on any atom is 0.306 e. The molecule has 0 saturated carbocycles. The zero-order valence-corrected chi connectivity index (χ0v) is 13.7. The minimum Gasteiger partial charge on any atom is -0.481 e. The number of hydrogen-bond acceptors (Lipinski definition) is 4. The molecule has 0 aliphatic carbocycles. The van der Waals surface area contributed by atoms with Crippen molar-refractivity contribution in [3.05, 3.63) is 36.0 Å². The predicted molar refractivity (Wildman–Crippen MR) is 93.6 cm³/mol. The standard InChI is InChI=1S/C18H25N3O3/c19-8-4-3-5-12(18(23)24)10-17(22)15(20)9-13-11-21-16-7-2-1-6-14(13)16/h1-2,6-7,11-12,15,21H,3-5,8-10,19-20H2,(H,23,24)/t12-,15-/m0/s1. The van der Waals surface area contributed by atoms with E-state index in [1.807, 2.05) is 30.5 Å². The molecule has 0 aliphatic rings. The number of hydrogen-bond donors (Lipinski definition) is 4. The van der Waals surface area contributed by atoms with Gasteiger partial charge in [0.1, 0.15) is 0 Å². The van der Waals surface area contributed by atoms with Crippen molar-refractivity contribution in [1.29, 1.82) is 0 Å². The van der Waals surface area contributed by atoms with Gasteiger partial charge in [0.05, 0.1) is 12.0 Å². The molecule has 0 amide bonds. The van der Waals surface area contributed by atoms with Gasteiger partial charge in [-0.05, 0) is 37.4 Å². The molecule has 1 aromatic carbocycles. The van der Waals surface area contributed by atoms with Gasteiger partial charge in [-0.15, -0.1) is 0 Å². The number of carbonyl (C=O) groups excluding carboxylic acids is 1. The van der Waals surface area contributed by atoms with Gasteiger partial charge in [-0.3, -0.25) is 9.59 Å². The molecule has 0 spiro atoms. The first-order chi connectivity index (χ1) is 11.5. The topological polar surface area (TPSA) is 122 Å². The second-order valence-corrected chi connectivity index (χ2v) is 6.16. The molecule has 6 heteroatoms. The van der Waals surface area contributed by atoms with Crippen molar-refractivity contribution in [2.45, 2.75) is 38.1 Å². The van der Waals surface area contributed by atoms with Crippen molar-refractivity contribution >= 4 is 22.7 Å². The fraction of sp³-hybridized carbons (Fsp3) is 0.444. The van der Waals surface area contributed by atoms with Crippen molar-refractivity contribution < 1.29 is 14.7 Å². The number of carbonyl (C=O) groups is 2. The lowest BCUT2D eigenvalue weighted by Crippen LogP contribution is -2.35. The Morgan fingerprint density at radius 2 is 1.96 bits per heavy atom. The first-order valence-corrected chi connectivity index (χ1v) is 8.29. The number of carboxylic acid groups (broad SMARTS) is 1. The van der Waals surface area contributed by atoms with Crippen LogP contribution in [0.1, 0.15) is 31.2 Å². The smallest absolute Gasteiger partial charge is 0.306 e. The number of H-pyrrole nitrogens is 1. The summed E-state index contributed by atoms with van der Waals surface area (Å²) in [5.74, 6) is -1.84. The summed E-state index contributed by atoms with van der Waals surface area (Å²) in [6.07, 6.45) is 4.16. The van der Waals surface area contributed by atoms with E-state index < -0.39 is 17.9 Å². The maximum absolute atomic E-state index is 12.3. The monoisotopic (exact) mass is 331 g/mol. The third kappa shape index (κ3) is 4.66. The molecule has 0 bridgehead atoms. The number of Topliss-reactive ketones (excluding diaryl/α,β-unsaturated/α-hetero) is 1. The molecule has 0 radical (unpaired) electrons. The van der Waals surface area contributed by atoms with E-state index in [1.165, 1.54) is 0 Å². The summed E-state index contributed by atoms with van der Waals surface area (Å²) in [5, 5.41) is 10.3. The van der Waals surface area contributed by atoms with Crippen molar-refractivity contribution in [1.82, 2.24) is 4.98 Å². The lowest BCUT2D eigenvalue weighted by atomic mass is 9.92. The van der Waals surface area contributed by atoms with Gasteiger partial charge in [-0.1, -0.05) is 24.6 Å². The van der Waals surface area contributed by atoms with Crippen LogP contribution >= 0.6 is 0 Å². The molecule has 6 N–H and O–H groups in total. The predicted octanol–water partition coefficient (Wildman–Crippen LogP) is 1.83. The number of fused-ring (bicyclic) bond motifs is 1. The molecule has 130 valence electrons. The highest BCUT2D eigenvalue weighted by atomic mass is 16.4. The van der Waals surface area contributed by atoms with Crippen LogP contribution in [-0.4, -0.2) is 34.4 Å². The summed E-state index contributed by atoms with van der Waals surface area (Å²) in [7, 11) is 0. The number of aliphatic carboxylic acids is 1. The molecule has 0 aliphatic heterocycles. The van der Waals surface area contributed by atoms with Crippen LogP contribution in [-0.2, 0) is 16.0 Å². The van der Waals surface area contributed by atoms with E-state index in [4.69, 9.17) is 11.5 Å². The Balaban J connectivity index is 1.96. The van der Waals surface area contributed by atoms with Crippen LogP contribution in [0.5, 0.6) is 0 Å². The number of nitrogens with one attached hydrogen (secondary N) is 1. The first kappa shape index (κ1) is 18.2. The lowest BCUT2D eigenvalue weighted by molar-refractivity contribution is -0.144. The van der Waals surface area contributed by atoms with Gasteiger partial charge in [-0.2, -0.15) is 0 Å². The summed E-state index contributed by atoms with van der Waals surface area (Å²) in [6, 6.07) is 7.12. The molecule has 6 nitrogen and oxygen atoms in total. The molecule has 2 aromatic rings. The molecule has 0 unspecified atom stereocenters. The van der Waals surface area contributed by atoms with Crippen molar-refractivity contribution in [2.75, 3.05) is 6.54 Å². The fourth-order valence-electron chi connectivity index (χ4n) is 2.89. The molecule has 0 saturated heterocycles. The highest BCUT2D eigenvalue weighted by Crippen LogP contribution is 2.20. The molecule has 24 heavy (non-hydrogen) atoms. The van der Waals surface area contributed by atoms with Crippen LogP contribution in [0, 0.1) is 5.92 Å². The Morgan fingerprint density at radius 3 is 2.67 bits per heavy atom. The molecule has 1 aromatic heterocycles. The Bertz CT molecular complexity index is 696. The van der Waals surface area contributed by atoms with Gasteiger partial charge in [0.2, 0.25) is 0 Å². The van der Waals surface area contributed by atoms with E-state index in [2.05, 4.69) is 4.98 Å². The van der Waals surface area contributed by atoms with Gasteiger partial charge in [-0.25, -0.2) is 0 Å². The fourth-order valence-corrected chi connectivity index (χ4v) is 2.89. The van der Waals surface area contributed by atoms with Crippen LogP contribution in [0.2, 0.25) is 0 Å². The van der Waals surface area contributed by atoms with E-state index in [9.17, 15) is 14.7 Å². The molecule has 0 fully saturated rings. The zero-order chi connectivity index (χ0) is 17.5. The van der Waals surface area contributed by atoms with E-state index in [0.29, 0.717) is 25.8 Å². The van der Waals surface area contributed by atoms with E-state index >= 15 is 0 Å². The summed E-state index contributed by atoms with van der Waals surface area (Å²) < 4.78 is 0. The number of nitrogens with two attached hydrogens (primary N) is 2. The van der Waals surface area contributed by atoms with E-state index in [1.54, 1.807) is 0 Å². The van der Waals surface area contributed by atoms with E-state index in [0.717, 1.165) is 22.9 Å². The molecule has 2 atom stereocenters. The largest absolute Gasteiger partial charge is 0.481 e. The van der Waals surface area contributed by atoms with Crippen molar-refractivity contribution in [3.63, 3.8) is 0 Å². The molecular weight excluding hydrogens is 306 g/mol. The summed E-state index contributed by atoms with van der Waals surface area (Å²) in [6.45, 7) is 0.528. The Labute approximate surface area is 141 Å². The second-order valence-electron chi connectivity index (χ2n) is 6.16. The summed E-state index contributed by atoms with van der Waals surface area (Å²) in [4.78, 5) is 26.8. The Hall–Kier alpha value is -2.18. The highest BCUT2D eigenvalue weighted by Gasteiger charge is 2.24. The third-order valence-corrected chi connectivity index (χ3v) is 4.33. The SMILES string of the molecule is NCCCC[C@@H](CC(=O)[C@@H](N)Cc1c[nH]c2ccccc12)C(=O)O. The van der Waals surface area contributed by atoms with Crippen LogP contribution < -0.4 is 11.5 Å². The number of ketones is 1. The molecular formula is C18H25N3O3. The van der Waals surface area contributed by atoms with Crippen LogP contribution in [0.3, 0.4) is 0 Å². The number of benzene rings is 1. The number of aromatic nitrogens is 1. The van der Waals surface area contributed by atoms with E-state index in [-0.39, 0.29) is 12.2 Å². The molecule has 1 heterocycles. The average molecular weight is 331 g/mol. The zero-order valence-electron chi connectivity index (χ0n) is 13.7. The maximum atomic E-state index is 12.3. The first-order valence-electron chi connectivity index (χ1n) is 8.29. The average Bonchev–Trinajstić information content (AvgIpc) is 2.97. The van der Waals surface area contributed by atoms with Gasteiger partial charge < -0.3 is 21.6 Å². The normalized spacial score (nSPS) is 13.8. The lowest BCUT2D eigenvalue weighted by Gasteiger charge is -2.15. The quantitative estimate of drug-likeness (QED) is 0.495. The van der Waals surface area contributed by atoms with Crippen LogP contribution in [0.25, 0.3) is 10.9 Å². The minimum absolute atomic E-state index is 0.0244. The highest BCUT2D eigenvalue weighted by molar-refractivity contribution is 5.89. The number of aromatic amines is 1. The number of rotatable bonds is 10. The third-order valence-electron chi connectivity index (χ3n) is 4.33. The van der Waals surface area contributed by atoms with Gasteiger partial charge in [0.15, 0.2) is 5.78 Å². The van der Waals surface area contributed by atoms with Crippen LogP contribution in [0.4, 0.5) is 0 Å². The van der Waals surface area contributed by atoms with Gasteiger partial charge >= 0.3 is 5.97 Å². The number of para-hydroxylation sites is 1.